The van der Waals surface area contributed by atoms with Crippen molar-refractivity contribution >= 4 is 27.5 Å². The second-order valence-corrected chi connectivity index (χ2v) is 9.75. The molecule has 8 nitrogen and oxygen atoms in total. The van der Waals surface area contributed by atoms with Gasteiger partial charge in [-0.3, -0.25) is 10.0 Å². The van der Waals surface area contributed by atoms with Crippen LogP contribution in [0, 0.1) is 5.82 Å². The summed E-state index contributed by atoms with van der Waals surface area (Å²) in [6, 6.07) is 7.94. The number of sulfonamides is 1. The minimum Gasteiger partial charge on any atom is -0.489 e. The molecule has 31 heavy (non-hydrogen) atoms. The number of ether oxygens (including phenoxy) is 1. The SMILES string of the molecule is C[C@@]1(O)CCCN(S(=O)(=O)c2ccc(OCc3ccc(F)cc3Cl)cc2)C1C(=O)NO. The van der Waals surface area contributed by atoms with Gasteiger partial charge in [0.25, 0.3) is 5.91 Å². The Balaban J connectivity index is 1.79. The lowest BCUT2D eigenvalue weighted by atomic mass is 9.87. The molecule has 3 rings (SSSR count). The molecular weight excluding hydrogens is 451 g/mol. The third-order valence-electron chi connectivity index (χ3n) is 5.14. The maximum atomic E-state index is 13.1. The number of carbonyl (C=O) groups excluding carboxylic acids is 1. The zero-order chi connectivity index (χ0) is 22.8. The predicted octanol–water partition coefficient (Wildman–Crippen LogP) is 2.47. The Morgan fingerprint density at radius 2 is 2.00 bits per heavy atom. The van der Waals surface area contributed by atoms with E-state index in [1.165, 1.54) is 54.9 Å². The number of piperidine rings is 1. The van der Waals surface area contributed by atoms with Crippen LogP contribution in [0.2, 0.25) is 5.02 Å². The van der Waals surface area contributed by atoms with E-state index < -0.39 is 33.4 Å². The molecule has 1 amide bonds. The second-order valence-electron chi connectivity index (χ2n) is 7.45. The fraction of sp³-hybridized carbons (Fsp3) is 0.350. The third kappa shape index (κ3) is 4.99. The van der Waals surface area contributed by atoms with E-state index in [4.69, 9.17) is 21.5 Å². The molecule has 168 valence electrons. The topological polar surface area (TPSA) is 116 Å². The Bertz CT molecular complexity index is 1060. The highest BCUT2D eigenvalue weighted by Gasteiger charge is 2.49. The van der Waals surface area contributed by atoms with E-state index in [1.807, 2.05) is 0 Å². The van der Waals surface area contributed by atoms with Crippen LogP contribution in [0.3, 0.4) is 0 Å². The number of hydroxylamine groups is 1. The summed E-state index contributed by atoms with van der Waals surface area (Å²) in [6.45, 7) is 1.42. The Labute approximate surface area is 184 Å². The van der Waals surface area contributed by atoms with E-state index in [0.29, 0.717) is 17.7 Å². The van der Waals surface area contributed by atoms with Gasteiger partial charge >= 0.3 is 0 Å². The lowest BCUT2D eigenvalue weighted by molar-refractivity contribution is -0.144. The average Bonchev–Trinajstić information content (AvgIpc) is 2.72. The molecule has 2 atom stereocenters. The molecule has 1 aliphatic rings. The normalized spacial score (nSPS) is 22.2. The fourth-order valence-electron chi connectivity index (χ4n) is 3.55. The van der Waals surface area contributed by atoms with Crippen molar-refractivity contribution in [3.63, 3.8) is 0 Å². The Hall–Kier alpha value is -2.24. The van der Waals surface area contributed by atoms with Crippen molar-refractivity contribution in [2.24, 2.45) is 0 Å². The van der Waals surface area contributed by atoms with Gasteiger partial charge in [-0.2, -0.15) is 4.31 Å². The van der Waals surface area contributed by atoms with Crippen LogP contribution in [-0.4, -0.2) is 47.1 Å². The molecule has 11 heteroatoms. The van der Waals surface area contributed by atoms with E-state index in [1.54, 1.807) is 0 Å². The van der Waals surface area contributed by atoms with Crippen LogP contribution < -0.4 is 10.2 Å². The predicted molar refractivity (Wildman–Crippen MR) is 110 cm³/mol. The van der Waals surface area contributed by atoms with Crippen LogP contribution in [0.5, 0.6) is 5.75 Å². The van der Waals surface area contributed by atoms with E-state index in [-0.39, 0.29) is 29.5 Å². The van der Waals surface area contributed by atoms with Gasteiger partial charge in [0, 0.05) is 12.1 Å². The number of benzene rings is 2. The van der Waals surface area contributed by atoms with Crippen LogP contribution in [0.1, 0.15) is 25.3 Å². The van der Waals surface area contributed by atoms with E-state index in [9.17, 15) is 22.7 Å². The maximum Gasteiger partial charge on any atom is 0.264 e. The summed E-state index contributed by atoms with van der Waals surface area (Å²) >= 11 is 5.97. The average molecular weight is 473 g/mol. The van der Waals surface area contributed by atoms with Gasteiger partial charge in [-0.15, -0.1) is 0 Å². The molecule has 1 aliphatic heterocycles. The molecule has 3 N–H and O–H groups in total. The second kappa shape index (κ2) is 9.09. The molecular formula is C20H22ClFN2O6S. The fourth-order valence-corrected chi connectivity index (χ4v) is 5.49. The van der Waals surface area contributed by atoms with Crippen molar-refractivity contribution in [3.05, 3.63) is 58.9 Å². The summed E-state index contributed by atoms with van der Waals surface area (Å²) in [5, 5.41) is 19.8. The van der Waals surface area contributed by atoms with Crippen LogP contribution in [0.25, 0.3) is 0 Å². The molecule has 1 heterocycles. The summed E-state index contributed by atoms with van der Waals surface area (Å²) in [4.78, 5) is 12.0. The molecule has 2 aromatic carbocycles. The van der Waals surface area contributed by atoms with Crippen LogP contribution in [-0.2, 0) is 21.4 Å². The van der Waals surface area contributed by atoms with Crippen LogP contribution >= 0.6 is 11.6 Å². The summed E-state index contributed by atoms with van der Waals surface area (Å²) in [6.07, 6.45) is 0.552. The van der Waals surface area contributed by atoms with E-state index in [0.717, 1.165) is 4.31 Å². The van der Waals surface area contributed by atoms with Gasteiger partial charge in [0.05, 0.1) is 15.5 Å². The number of rotatable bonds is 6. The highest BCUT2D eigenvalue weighted by atomic mass is 35.5. The number of halogens is 2. The summed E-state index contributed by atoms with van der Waals surface area (Å²) < 4.78 is 45.9. The number of nitrogens with one attached hydrogen (secondary N) is 1. The van der Waals surface area contributed by atoms with Crippen LogP contribution in [0.15, 0.2) is 47.4 Å². The van der Waals surface area contributed by atoms with Crippen molar-refractivity contribution in [1.29, 1.82) is 0 Å². The molecule has 0 aliphatic carbocycles. The number of carbonyl (C=O) groups is 1. The molecule has 0 spiro atoms. The Morgan fingerprint density at radius 3 is 2.61 bits per heavy atom. The van der Waals surface area contributed by atoms with E-state index >= 15 is 0 Å². The van der Waals surface area contributed by atoms with Crippen molar-refractivity contribution in [2.75, 3.05) is 6.54 Å². The summed E-state index contributed by atoms with van der Waals surface area (Å²) in [5.74, 6) is -1.12. The standard InChI is InChI=1S/C20H22ClFN2O6S/c1-20(26)9-2-10-24(18(20)19(25)23-27)31(28,29)16-7-5-15(6-8-16)30-12-13-3-4-14(22)11-17(13)21/h3-8,11,18,26-27H,2,9-10,12H2,1H3,(H,23,25)/t18?,20-/m1/s1. The van der Waals surface area contributed by atoms with Gasteiger partial charge in [0.15, 0.2) is 0 Å². The van der Waals surface area contributed by atoms with Crippen LogP contribution in [0.4, 0.5) is 4.39 Å². The highest BCUT2D eigenvalue weighted by Crippen LogP contribution is 2.33. The first kappa shape index (κ1) is 23.4. The van der Waals surface area contributed by atoms with Gasteiger partial charge in [-0.25, -0.2) is 18.3 Å². The minimum atomic E-state index is -4.15. The van der Waals surface area contributed by atoms with Crippen molar-refractivity contribution in [1.82, 2.24) is 9.79 Å². The number of amides is 1. The smallest absolute Gasteiger partial charge is 0.264 e. The largest absolute Gasteiger partial charge is 0.489 e. The maximum absolute atomic E-state index is 13.1. The summed E-state index contributed by atoms with van der Waals surface area (Å²) in [5.41, 5.74) is 0.354. The zero-order valence-electron chi connectivity index (χ0n) is 16.6. The Kier molecular flexibility index (Phi) is 6.87. The minimum absolute atomic E-state index is 0.0118. The first-order valence-corrected chi connectivity index (χ1v) is 11.2. The number of aliphatic hydroxyl groups is 1. The van der Waals surface area contributed by atoms with Gasteiger partial charge in [0.2, 0.25) is 10.0 Å². The number of nitrogens with zero attached hydrogens (tertiary/aromatic N) is 1. The first-order valence-electron chi connectivity index (χ1n) is 9.41. The number of hydrogen-bond donors (Lipinski definition) is 3. The van der Waals surface area contributed by atoms with Crippen molar-refractivity contribution < 1.29 is 32.7 Å². The molecule has 0 radical (unpaired) electrons. The van der Waals surface area contributed by atoms with Gasteiger partial charge in [0.1, 0.15) is 24.2 Å². The first-order chi connectivity index (χ1) is 14.6. The quantitative estimate of drug-likeness (QED) is 0.439. The molecule has 1 unspecified atom stereocenters. The van der Waals surface area contributed by atoms with Gasteiger partial charge in [-0.1, -0.05) is 17.7 Å². The van der Waals surface area contributed by atoms with Gasteiger partial charge in [-0.05, 0) is 56.2 Å². The Morgan fingerprint density at radius 1 is 1.32 bits per heavy atom. The monoisotopic (exact) mass is 472 g/mol. The van der Waals surface area contributed by atoms with Gasteiger partial charge < -0.3 is 9.84 Å². The molecule has 0 bridgehead atoms. The van der Waals surface area contributed by atoms with Crippen molar-refractivity contribution in [3.8, 4) is 5.75 Å². The lowest BCUT2D eigenvalue weighted by Crippen LogP contribution is -2.62. The molecule has 0 saturated carbocycles. The molecule has 1 saturated heterocycles. The number of hydrogen-bond acceptors (Lipinski definition) is 6. The highest BCUT2D eigenvalue weighted by molar-refractivity contribution is 7.89. The lowest BCUT2D eigenvalue weighted by Gasteiger charge is -2.42. The third-order valence-corrected chi connectivity index (χ3v) is 7.37. The van der Waals surface area contributed by atoms with Crippen molar-refractivity contribution in [2.45, 2.75) is 42.9 Å². The molecule has 2 aromatic rings. The molecule has 0 aromatic heterocycles. The summed E-state index contributed by atoms with van der Waals surface area (Å²) in [7, 11) is -4.15. The molecule has 1 fully saturated rings. The zero-order valence-corrected chi connectivity index (χ0v) is 18.2. The van der Waals surface area contributed by atoms with E-state index in [2.05, 4.69) is 0 Å².